The smallest absolute Gasteiger partial charge is 0.126 e. The Balaban J connectivity index is 1.62. The van der Waals surface area contributed by atoms with Crippen molar-refractivity contribution in [2.45, 2.75) is 24.2 Å². The zero-order valence-electron chi connectivity index (χ0n) is 13.5. The molecule has 0 saturated carbocycles. The summed E-state index contributed by atoms with van der Waals surface area (Å²) >= 11 is 1.79. The first-order valence-corrected chi connectivity index (χ1v) is 8.73. The molecule has 0 bridgehead atoms. The van der Waals surface area contributed by atoms with Crippen molar-refractivity contribution >= 4 is 11.8 Å². The number of aromatic nitrogens is 1. The number of ether oxygens (including phenoxy) is 1. The molecule has 0 saturated heterocycles. The fourth-order valence-corrected chi connectivity index (χ4v) is 3.16. The Morgan fingerprint density at radius 3 is 2.58 bits per heavy atom. The molecule has 1 heterocycles. The number of phenols is 1. The van der Waals surface area contributed by atoms with Crippen molar-refractivity contribution in [3.05, 3.63) is 83.7 Å². The topological polar surface area (TPSA) is 42.4 Å². The van der Waals surface area contributed by atoms with E-state index in [1.807, 2.05) is 37.5 Å². The maximum Gasteiger partial charge on any atom is 0.126 e. The fourth-order valence-electron chi connectivity index (χ4n) is 2.33. The molecule has 3 rings (SSSR count). The lowest BCUT2D eigenvalue weighted by molar-refractivity contribution is 0.301. The molecule has 0 amide bonds. The van der Waals surface area contributed by atoms with Crippen molar-refractivity contribution in [1.29, 1.82) is 0 Å². The van der Waals surface area contributed by atoms with Gasteiger partial charge in [-0.1, -0.05) is 30.3 Å². The Morgan fingerprint density at radius 1 is 1.00 bits per heavy atom. The maximum absolute atomic E-state index is 9.73. The van der Waals surface area contributed by atoms with Crippen LogP contribution in [0, 0.1) is 6.92 Å². The van der Waals surface area contributed by atoms with Gasteiger partial charge >= 0.3 is 0 Å². The summed E-state index contributed by atoms with van der Waals surface area (Å²) in [7, 11) is 0. The second kappa shape index (κ2) is 7.88. The number of nitrogens with zero attached hydrogens (tertiary/aromatic N) is 1. The molecular formula is C20H19NO2S. The fraction of sp³-hybridized carbons (Fsp3) is 0.150. The van der Waals surface area contributed by atoms with Gasteiger partial charge in [0.25, 0.3) is 0 Å². The molecule has 3 nitrogen and oxygen atoms in total. The average Bonchev–Trinajstić information content (AvgIpc) is 2.62. The normalized spacial score (nSPS) is 10.5. The molecule has 1 N–H and O–H groups in total. The molecule has 0 radical (unpaired) electrons. The summed E-state index contributed by atoms with van der Waals surface area (Å²) in [6.07, 6.45) is 3.62. The Morgan fingerprint density at radius 2 is 1.75 bits per heavy atom. The van der Waals surface area contributed by atoms with Crippen LogP contribution in [-0.4, -0.2) is 10.1 Å². The number of rotatable bonds is 6. The molecule has 0 atom stereocenters. The minimum Gasteiger partial charge on any atom is -0.508 e. The third kappa shape index (κ3) is 4.30. The number of hydrogen-bond donors (Lipinski definition) is 1. The van der Waals surface area contributed by atoms with E-state index in [4.69, 9.17) is 4.74 Å². The molecule has 0 aliphatic carbocycles. The molecule has 24 heavy (non-hydrogen) atoms. The molecule has 3 aromatic rings. The van der Waals surface area contributed by atoms with Crippen LogP contribution >= 0.6 is 11.8 Å². The summed E-state index contributed by atoms with van der Waals surface area (Å²) in [5.74, 6) is 1.88. The highest BCUT2D eigenvalue weighted by molar-refractivity contribution is 7.98. The first kappa shape index (κ1) is 16.4. The predicted molar refractivity (Wildman–Crippen MR) is 97.4 cm³/mol. The van der Waals surface area contributed by atoms with Crippen LogP contribution in [0.2, 0.25) is 0 Å². The van der Waals surface area contributed by atoms with E-state index in [0.29, 0.717) is 12.4 Å². The molecule has 4 heteroatoms. The van der Waals surface area contributed by atoms with Crippen molar-refractivity contribution in [1.82, 2.24) is 4.98 Å². The first-order valence-electron chi connectivity index (χ1n) is 7.74. The van der Waals surface area contributed by atoms with Crippen molar-refractivity contribution in [3.8, 4) is 11.5 Å². The third-order valence-electron chi connectivity index (χ3n) is 3.70. The molecule has 0 fully saturated rings. The molecule has 1 aromatic heterocycles. The van der Waals surface area contributed by atoms with Crippen LogP contribution in [0.15, 0.2) is 71.9 Å². The van der Waals surface area contributed by atoms with E-state index in [-0.39, 0.29) is 5.75 Å². The Labute approximate surface area is 146 Å². The number of pyridine rings is 1. The van der Waals surface area contributed by atoms with Gasteiger partial charge in [0.2, 0.25) is 0 Å². The van der Waals surface area contributed by atoms with Gasteiger partial charge in [0.15, 0.2) is 0 Å². The largest absolute Gasteiger partial charge is 0.508 e. The highest BCUT2D eigenvalue weighted by Gasteiger charge is 2.04. The van der Waals surface area contributed by atoms with Crippen molar-refractivity contribution in [3.63, 3.8) is 0 Å². The highest BCUT2D eigenvalue weighted by Crippen LogP contribution is 2.27. The summed E-state index contributed by atoms with van der Waals surface area (Å²) in [6, 6.07) is 17.8. The Hall–Kier alpha value is -2.46. The molecule has 0 aliphatic heterocycles. The van der Waals surface area contributed by atoms with Gasteiger partial charge in [0.1, 0.15) is 18.1 Å². The molecule has 2 aromatic carbocycles. The van der Waals surface area contributed by atoms with Crippen LogP contribution < -0.4 is 4.74 Å². The highest BCUT2D eigenvalue weighted by atomic mass is 32.2. The van der Waals surface area contributed by atoms with Crippen molar-refractivity contribution in [2.24, 2.45) is 0 Å². The van der Waals surface area contributed by atoms with Crippen LogP contribution in [0.1, 0.15) is 16.7 Å². The van der Waals surface area contributed by atoms with E-state index in [9.17, 15) is 5.11 Å². The summed E-state index contributed by atoms with van der Waals surface area (Å²) in [5, 5.41) is 9.73. The van der Waals surface area contributed by atoms with E-state index in [2.05, 4.69) is 29.2 Å². The minimum absolute atomic E-state index is 0.259. The summed E-state index contributed by atoms with van der Waals surface area (Å²) in [4.78, 5) is 5.24. The van der Waals surface area contributed by atoms with Gasteiger partial charge in [0.05, 0.1) is 0 Å². The summed E-state index contributed by atoms with van der Waals surface area (Å²) < 4.78 is 5.85. The van der Waals surface area contributed by atoms with E-state index in [0.717, 1.165) is 16.9 Å². The third-order valence-corrected chi connectivity index (χ3v) is 4.78. The molecule has 0 unspecified atom stereocenters. The average molecular weight is 337 g/mol. The Bertz CT molecular complexity index is 806. The van der Waals surface area contributed by atoms with Gasteiger partial charge < -0.3 is 9.84 Å². The zero-order chi connectivity index (χ0) is 16.8. The molecule has 122 valence electrons. The van der Waals surface area contributed by atoms with Crippen LogP contribution in [-0.2, 0) is 12.4 Å². The van der Waals surface area contributed by atoms with Crippen LogP contribution in [0.3, 0.4) is 0 Å². The lowest BCUT2D eigenvalue weighted by atomic mass is 10.1. The molecular weight excluding hydrogens is 318 g/mol. The van der Waals surface area contributed by atoms with Crippen molar-refractivity contribution in [2.75, 3.05) is 0 Å². The zero-order valence-corrected chi connectivity index (χ0v) is 14.3. The summed E-state index contributed by atoms with van der Waals surface area (Å²) in [5.41, 5.74) is 3.14. The molecule has 0 spiro atoms. The number of benzene rings is 2. The number of aromatic hydroxyl groups is 1. The van der Waals surface area contributed by atoms with Gasteiger partial charge in [0, 0.05) is 28.6 Å². The van der Waals surface area contributed by atoms with E-state index < -0.39 is 0 Å². The van der Waals surface area contributed by atoms with Gasteiger partial charge in [-0.25, -0.2) is 0 Å². The van der Waals surface area contributed by atoms with Crippen molar-refractivity contribution < 1.29 is 9.84 Å². The quantitative estimate of drug-likeness (QED) is 0.645. The molecule has 0 aliphatic rings. The standard InChI is InChI=1S/C20H19NO2S/c1-15-19(22)6-3-7-20(15)23-13-16-4-2-5-17(12-16)14-24-18-8-10-21-11-9-18/h2-12,22H,13-14H2,1H3. The predicted octanol–water partition coefficient (Wildman–Crippen LogP) is 4.97. The second-order valence-electron chi connectivity index (χ2n) is 5.48. The lowest BCUT2D eigenvalue weighted by Gasteiger charge is -2.11. The van der Waals surface area contributed by atoms with Gasteiger partial charge in [-0.15, -0.1) is 11.8 Å². The van der Waals surface area contributed by atoms with E-state index in [1.54, 1.807) is 23.9 Å². The number of hydrogen-bond acceptors (Lipinski definition) is 4. The van der Waals surface area contributed by atoms with Crippen LogP contribution in [0.4, 0.5) is 0 Å². The summed E-state index contributed by atoms with van der Waals surface area (Å²) in [6.45, 7) is 2.34. The Kier molecular flexibility index (Phi) is 5.39. The van der Waals surface area contributed by atoms with Gasteiger partial charge in [-0.2, -0.15) is 0 Å². The number of phenolic OH excluding ortho intramolecular Hbond substituents is 1. The second-order valence-corrected chi connectivity index (χ2v) is 6.53. The number of thioether (sulfide) groups is 1. The lowest BCUT2D eigenvalue weighted by Crippen LogP contribution is -1.97. The van der Waals surface area contributed by atoms with Crippen LogP contribution in [0.5, 0.6) is 11.5 Å². The minimum atomic E-state index is 0.259. The van der Waals surface area contributed by atoms with E-state index in [1.165, 1.54) is 10.5 Å². The van der Waals surface area contributed by atoms with E-state index >= 15 is 0 Å². The maximum atomic E-state index is 9.73. The van der Waals surface area contributed by atoms with Gasteiger partial charge in [-0.05, 0) is 42.3 Å². The SMILES string of the molecule is Cc1c(O)cccc1OCc1cccc(CSc2ccncc2)c1. The first-order chi connectivity index (χ1) is 11.7. The monoisotopic (exact) mass is 337 g/mol. The van der Waals surface area contributed by atoms with Crippen LogP contribution in [0.25, 0.3) is 0 Å². The van der Waals surface area contributed by atoms with Gasteiger partial charge in [-0.3, -0.25) is 4.98 Å².